The maximum Gasteiger partial charge on any atom is 0.143 e. The van der Waals surface area contributed by atoms with Crippen molar-refractivity contribution in [2.24, 2.45) is 0 Å². The van der Waals surface area contributed by atoms with Crippen molar-refractivity contribution in [3.63, 3.8) is 0 Å². The molecule has 5 rings (SSSR count). The van der Waals surface area contributed by atoms with E-state index in [9.17, 15) is 4.39 Å². The van der Waals surface area contributed by atoms with Crippen LogP contribution in [0, 0.1) is 12.7 Å². The number of likely N-dealkylation sites (tertiary alicyclic amines) is 1. The first-order valence-corrected chi connectivity index (χ1v) is 10.8. The molecule has 1 aromatic heterocycles. The van der Waals surface area contributed by atoms with Gasteiger partial charge in [0.15, 0.2) is 0 Å². The van der Waals surface area contributed by atoms with Gasteiger partial charge in [0.1, 0.15) is 17.7 Å². The predicted molar refractivity (Wildman–Crippen MR) is 116 cm³/mol. The van der Waals surface area contributed by atoms with E-state index in [1.807, 2.05) is 6.07 Å². The smallest absolute Gasteiger partial charge is 0.143 e. The Morgan fingerprint density at radius 2 is 1.83 bits per heavy atom. The van der Waals surface area contributed by atoms with Crippen LogP contribution >= 0.6 is 0 Å². The number of fused-ring (bicyclic) bond motifs is 2. The SMILES string of the molecule is Cc1c(-c2cccc(F)c2)nc2n1CCc1ccccc1C2OC1CCN(C)CC1. The summed E-state index contributed by atoms with van der Waals surface area (Å²) in [5.41, 5.74) is 5.28. The molecule has 0 radical (unpaired) electrons. The van der Waals surface area contributed by atoms with Gasteiger partial charge in [-0.05, 0) is 56.5 Å². The molecule has 0 aliphatic carbocycles. The number of benzene rings is 2. The summed E-state index contributed by atoms with van der Waals surface area (Å²) in [6.45, 7) is 5.05. The number of hydrogen-bond acceptors (Lipinski definition) is 3. The largest absolute Gasteiger partial charge is 0.362 e. The lowest BCUT2D eigenvalue weighted by molar-refractivity contribution is -0.0276. The minimum atomic E-state index is -0.237. The van der Waals surface area contributed by atoms with Crippen molar-refractivity contribution in [3.8, 4) is 11.3 Å². The van der Waals surface area contributed by atoms with Gasteiger partial charge in [0.05, 0.1) is 11.8 Å². The van der Waals surface area contributed by atoms with Crippen LogP contribution in [0.4, 0.5) is 4.39 Å². The highest BCUT2D eigenvalue weighted by atomic mass is 19.1. The van der Waals surface area contributed by atoms with Crippen molar-refractivity contribution in [2.75, 3.05) is 20.1 Å². The summed E-state index contributed by atoms with van der Waals surface area (Å²) in [4.78, 5) is 7.40. The fourth-order valence-electron chi connectivity index (χ4n) is 4.78. The van der Waals surface area contributed by atoms with E-state index >= 15 is 0 Å². The van der Waals surface area contributed by atoms with Gasteiger partial charge >= 0.3 is 0 Å². The summed E-state index contributed by atoms with van der Waals surface area (Å²) < 4.78 is 22.9. The lowest BCUT2D eigenvalue weighted by atomic mass is 10.00. The van der Waals surface area contributed by atoms with E-state index in [2.05, 4.69) is 47.7 Å². The fraction of sp³-hybridized carbons (Fsp3) is 0.400. The summed E-state index contributed by atoms with van der Waals surface area (Å²) in [6.07, 6.45) is 3.03. The number of aromatic nitrogens is 2. The molecule has 5 heteroatoms. The van der Waals surface area contributed by atoms with Crippen molar-refractivity contribution in [1.29, 1.82) is 0 Å². The summed E-state index contributed by atoms with van der Waals surface area (Å²) in [5.74, 6) is 0.704. The second-order valence-corrected chi connectivity index (χ2v) is 8.53. The van der Waals surface area contributed by atoms with Crippen LogP contribution in [-0.4, -0.2) is 40.7 Å². The Balaban J connectivity index is 1.58. The Kier molecular flexibility index (Phi) is 5.17. The van der Waals surface area contributed by atoms with Crippen LogP contribution in [-0.2, 0) is 17.7 Å². The third-order valence-electron chi connectivity index (χ3n) is 6.52. The van der Waals surface area contributed by atoms with Gasteiger partial charge in [-0.15, -0.1) is 0 Å². The Morgan fingerprint density at radius 3 is 2.63 bits per heavy atom. The Morgan fingerprint density at radius 1 is 1.03 bits per heavy atom. The van der Waals surface area contributed by atoms with Gasteiger partial charge in [0.2, 0.25) is 0 Å². The molecule has 1 fully saturated rings. The maximum atomic E-state index is 13.9. The van der Waals surface area contributed by atoms with E-state index < -0.39 is 0 Å². The van der Waals surface area contributed by atoms with Gasteiger partial charge in [-0.25, -0.2) is 9.37 Å². The van der Waals surface area contributed by atoms with Crippen LogP contribution in [0.2, 0.25) is 0 Å². The molecule has 3 heterocycles. The molecule has 1 saturated heterocycles. The van der Waals surface area contributed by atoms with Crippen molar-refractivity contribution >= 4 is 0 Å². The number of halogens is 1. The van der Waals surface area contributed by atoms with Crippen LogP contribution in [0.1, 0.15) is 41.6 Å². The highest BCUT2D eigenvalue weighted by Gasteiger charge is 2.32. The second kappa shape index (κ2) is 7.97. The van der Waals surface area contributed by atoms with Crippen LogP contribution in [0.15, 0.2) is 48.5 Å². The molecule has 156 valence electrons. The Bertz CT molecular complexity index is 1050. The van der Waals surface area contributed by atoms with Crippen molar-refractivity contribution < 1.29 is 9.13 Å². The average Bonchev–Trinajstić information content (AvgIpc) is 2.99. The summed E-state index contributed by atoms with van der Waals surface area (Å²) in [6, 6.07) is 15.3. The monoisotopic (exact) mass is 405 g/mol. The van der Waals surface area contributed by atoms with Gasteiger partial charge < -0.3 is 14.2 Å². The zero-order valence-corrected chi connectivity index (χ0v) is 17.6. The fourth-order valence-corrected chi connectivity index (χ4v) is 4.78. The number of nitrogens with zero attached hydrogens (tertiary/aromatic N) is 3. The normalized spacial score (nSPS) is 19.9. The van der Waals surface area contributed by atoms with E-state index in [0.29, 0.717) is 0 Å². The standard InChI is InChI=1S/C25H28FN3O/c1-17-23(19-7-5-8-20(26)16-19)27-25-24(30-21-11-13-28(2)14-12-21)22-9-4-3-6-18(22)10-15-29(17)25/h3-9,16,21,24H,10-15H2,1-2H3. The topological polar surface area (TPSA) is 30.3 Å². The third kappa shape index (κ3) is 3.57. The van der Waals surface area contributed by atoms with Crippen molar-refractivity contribution in [1.82, 2.24) is 14.5 Å². The van der Waals surface area contributed by atoms with Gasteiger partial charge in [-0.3, -0.25) is 0 Å². The van der Waals surface area contributed by atoms with Crippen molar-refractivity contribution in [2.45, 2.75) is 44.9 Å². The molecule has 3 aromatic rings. The van der Waals surface area contributed by atoms with E-state index in [1.165, 1.54) is 17.2 Å². The molecule has 2 aliphatic rings. The molecule has 0 spiro atoms. The number of hydrogen-bond donors (Lipinski definition) is 0. The average molecular weight is 406 g/mol. The molecule has 2 aromatic carbocycles. The summed E-state index contributed by atoms with van der Waals surface area (Å²) in [7, 11) is 2.17. The minimum absolute atomic E-state index is 0.196. The molecule has 30 heavy (non-hydrogen) atoms. The molecule has 0 amide bonds. The first-order valence-electron chi connectivity index (χ1n) is 10.8. The summed E-state index contributed by atoms with van der Waals surface area (Å²) >= 11 is 0. The quantitative estimate of drug-likeness (QED) is 0.630. The number of imidazole rings is 1. The van der Waals surface area contributed by atoms with Gasteiger partial charge in [-0.2, -0.15) is 0 Å². The molecular weight excluding hydrogens is 377 g/mol. The van der Waals surface area contributed by atoms with E-state index in [1.54, 1.807) is 12.1 Å². The molecular formula is C25H28FN3O. The number of ether oxygens (including phenoxy) is 1. The Hall–Kier alpha value is -2.50. The molecule has 2 aliphatic heterocycles. The highest BCUT2D eigenvalue weighted by molar-refractivity contribution is 5.62. The van der Waals surface area contributed by atoms with Crippen LogP contribution < -0.4 is 0 Å². The zero-order chi connectivity index (χ0) is 20.7. The number of aryl methyl sites for hydroxylation is 1. The lowest BCUT2D eigenvalue weighted by Gasteiger charge is -2.32. The second-order valence-electron chi connectivity index (χ2n) is 8.53. The third-order valence-corrected chi connectivity index (χ3v) is 6.52. The first kappa shape index (κ1) is 19.5. The van der Waals surface area contributed by atoms with Crippen molar-refractivity contribution in [3.05, 3.63) is 77.0 Å². The molecule has 1 atom stereocenters. The Labute approximate surface area is 177 Å². The van der Waals surface area contributed by atoms with Gasteiger partial charge in [0, 0.05) is 30.9 Å². The van der Waals surface area contributed by atoms with Crippen LogP contribution in [0.25, 0.3) is 11.3 Å². The highest BCUT2D eigenvalue weighted by Crippen LogP contribution is 2.37. The van der Waals surface area contributed by atoms with Crippen LogP contribution in [0.3, 0.4) is 0 Å². The molecule has 0 bridgehead atoms. The number of rotatable bonds is 3. The van der Waals surface area contributed by atoms with E-state index in [0.717, 1.165) is 61.7 Å². The molecule has 0 N–H and O–H groups in total. The maximum absolute atomic E-state index is 13.9. The first-order chi connectivity index (χ1) is 14.6. The number of piperidine rings is 1. The molecule has 1 unspecified atom stereocenters. The van der Waals surface area contributed by atoms with Gasteiger partial charge in [-0.1, -0.05) is 36.4 Å². The van der Waals surface area contributed by atoms with Gasteiger partial charge in [0.25, 0.3) is 0 Å². The lowest BCUT2D eigenvalue weighted by Crippen LogP contribution is -2.35. The van der Waals surface area contributed by atoms with Crippen LogP contribution in [0.5, 0.6) is 0 Å². The zero-order valence-electron chi connectivity index (χ0n) is 17.6. The molecule has 0 saturated carbocycles. The predicted octanol–water partition coefficient (Wildman–Crippen LogP) is 4.75. The summed E-state index contributed by atoms with van der Waals surface area (Å²) in [5, 5.41) is 0. The van der Waals surface area contributed by atoms with E-state index in [4.69, 9.17) is 9.72 Å². The minimum Gasteiger partial charge on any atom is -0.362 e. The molecule has 4 nitrogen and oxygen atoms in total. The van der Waals surface area contributed by atoms with E-state index in [-0.39, 0.29) is 18.0 Å².